The zero-order valence-corrected chi connectivity index (χ0v) is 19.3. The number of hydrogen-bond donors (Lipinski definition) is 5. The standard InChI is InChI=1S/C24H33N7O2/c1-30(2)13-14-31(3)24(33)17-9-11-18(12-10-17)26-22-20-19(15-25-29-23(20)32)27-21(28-22)16-7-5-4-6-8-16/h4-12,19-22,25-28H,13-15H2,1-3H3,(H,29,32). The van der Waals surface area contributed by atoms with E-state index in [2.05, 4.69) is 43.8 Å². The molecule has 2 aromatic rings. The molecule has 2 amide bonds. The fraction of sp³-hybridized carbons (Fsp3) is 0.417. The van der Waals surface area contributed by atoms with Crippen molar-refractivity contribution in [1.29, 1.82) is 0 Å². The highest BCUT2D eigenvalue weighted by Crippen LogP contribution is 2.25. The lowest BCUT2D eigenvalue weighted by Gasteiger charge is -2.46. The first-order chi connectivity index (χ1) is 15.9. The summed E-state index contributed by atoms with van der Waals surface area (Å²) < 4.78 is 0. The fourth-order valence-electron chi connectivity index (χ4n) is 4.26. The third-order valence-corrected chi connectivity index (χ3v) is 6.17. The molecule has 4 rings (SSSR count). The molecule has 176 valence electrons. The van der Waals surface area contributed by atoms with Crippen molar-refractivity contribution >= 4 is 17.5 Å². The van der Waals surface area contributed by atoms with Gasteiger partial charge in [-0.25, -0.2) is 5.43 Å². The van der Waals surface area contributed by atoms with Gasteiger partial charge in [-0.2, -0.15) is 0 Å². The number of likely N-dealkylation sites (N-methyl/N-ethyl adjacent to an activating group) is 2. The topological polar surface area (TPSA) is 101 Å². The second-order valence-corrected chi connectivity index (χ2v) is 8.91. The van der Waals surface area contributed by atoms with E-state index < -0.39 is 0 Å². The molecule has 0 saturated carbocycles. The van der Waals surface area contributed by atoms with Crippen LogP contribution in [0.2, 0.25) is 0 Å². The number of anilines is 1. The Bertz CT molecular complexity index is 951. The molecule has 2 fully saturated rings. The first-order valence-corrected chi connectivity index (χ1v) is 11.3. The lowest BCUT2D eigenvalue weighted by Crippen LogP contribution is -2.71. The Labute approximate surface area is 194 Å². The van der Waals surface area contributed by atoms with Gasteiger partial charge in [0.1, 0.15) is 0 Å². The average molecular weight is 452 g/mol. The highest BCUT2D eigenvalue weighted by Gasteiger charge is 2.43. The van der Waals surface area contributed by atoms with Crippen molar-refractivity contribution < 1.29 is 9.59 Å². The number of nitrogens with one attached hydrogen (secondary N) is 5. The smallest absolute Gasteiger partial charge is 0.253 e. The van der Waals surface area contributed by atoms with Gasteiger partial charge in [0.25, 0.3) is 5.91 Å². The molecule has 2 aliphatic rings. The van der Waals surface area contributed by atoms with Crippen molar-refractivity contribution in [2.75, 3.05) is 46.1 Å². The first kappa shape index (κ1) is 23.2. The number of carbonyl (C=O) groups excluding carboxylic acids is 2. The Morgan fingerprint density at radius 3 is 2.42 bits per heavy atom. The molecule has 0 bridgehead atoms. The Balaban J connectivity index is 1.47. The molecule has 2 aromatic carbocycles. The number of rotatable bonds is 7. The molecule has 0 aromatic heterocycles. The van der Waals surface area contributed by atoms with Crippen molar-refractivity contribution in [3.63, 3.8) is 0 Å². The highest BCUT2D eigenvalue weighted by atomic mass is 16.2. The lowest BCUT2D eigenvalue weighted by molar-refractivity contribution is -0.131. The van der Waals surface area contributed by atoms with Crippen molar-refractivity contribution in [2.45, 2.75) is 18.4 Å². The molecule has 0 spiro atoms. The van der Waals surface area contributed by atoms with E-state index in [1.165, 1.54) is 0 Å². The second-order valence-electron chi connectivity index (χ2n) is 8.91. The Morgan fingerprint density at radius 2 is 1.73 bits per heavy atom. The number of nitrogens with zero attached hydrogens (tertiary/aromatic N) is 2. The summed E-state index contributed by atoms with van der Waals surface area (Å²) in [4.78, 5) is 29.1. The van der Waals surface area contributed by atoms with Gasteiger partial charge in [-0.15, -0.1) is 0 Å². The number of hydrazine groups is 1. The summed E-state index contributed by atoms with van der Waals surface area (Å²) in [7, 11) is 5.79. The zero-order valence-electron chi connectivity index (χ0n) is 19.3. The number of carbonyl (C=O) groups is 2. The zero-order chi connectivity index (χ0) is 23.4. The lowest BCUT2D eigenvalue weighted by atomic mass is 9.89. The van der Waals surface area contributed by atoms with Crippen LogP contribution >= 0.6 is 0 Å². The van der Waals surface area contributed by atoms with E-state index in [9.17, 15) is 9.59 Å². The fourth-order valence-corrected chi connectivity index (χ4v) is 4.26. The second kappa shape index (κ2) is 10.3. The van der Waals surface area contributed by atoms with Crippen LogP contribution in [0.1, 0.15) is 22.1 Å². The molecule has 0 radical (unpaired) electrons. The summed E-state index contributed by atoms with van der Waals surface area (Å²) in [6.45, 7) is 2.11. The van der Waals surface area contributed by atoms with Crippen LogP contribution in [0, 0.1) is 5.92 Å². The number of fused-ring (bicyclic) bond motifs is 1. The molecule has 9 heteroatoms. The van der Waals surface area contributed by atoms with Gasteiger partial charge < -0.3 is 15.1 Å². The van der Waals surface area contributed by atoms with Crippen molar-refractivity contribution in [3.8, 4) is 0 Å². The van der Waals surface area contributed by atoms with Gasteiger partial charge in [-0.05, 0) is 43.9 Å². The van der Waals surface area contributed by atoms with Crippen LogP contribution in [-0.4, -0.2) is 74.6 Å². The number of hydrogen-bond acceptors (Lipinski definition) is 7. The van der Waals surface area contributed by atoms with E-state index in [1.807, 2.05) is 63.6 Å². The average Bonchev–Trinajstić information content (AvgIpc) is 2.83. The van der Waals surface area contributed by atoms with E-state index in [4.69, 9.17) is 0 Å². The van der Waals surface area contributed by atoms with Gasteiger partial charge in [0.05, 0.1) is 18.2 Å². The molecule has 2 aliphatic heterocycles. The maximum atomic E-state index is 12.7. The van der Waals surface area contributed by atoms with E-state index in [0.29, 0.717) is 18.7 Å². The van der Waals surface area contributed by atoms with Crippen LogP contribution in [-0.2, 0) is 4.79 Å². The molecular weight excluding hydrogens is 418 g/mol. The van der Waals surface area contributed by atoms with E-state index >= 15 is 0 Å². The highest BCUT2D eigenvalue weighted by molar-refractivity contribution is 5.94. The molecule has 4 atom stereocenters. The molecule has 2 saturated heterocycles. The summed E-state index contributed by atoms with van der Waals surface area (Å²) >= 11 is 0. The van der Waals surface area contributed by atoms with Crippen molar-refractivity contribution in [2.24, 2.45) is 5.92 Å². The van der Waals surface area contributed by atoms with Crippen LogP contribution in [0.3, 0.4) is 0 Å². The number of amides is 2. The van der Waals surface area contributed by atoms with Crippen LogP contribution in [0.15, 0.2) is 54.6 Å². The van der Waals surface area contributed by atoms with Gasteiger partial charge in [0.15, 0.2) is 0 Å². The Hall–Kier alpha value is -2.98. The monoisotopic (exact) mass is 451 g/mol. The summed E-state index contributed by atoms with van der Waals surface area (Å²) in [6, 6.07) is 17.5. The molecule has 5 N–H and O–H groups in total. The minimum Gasteiger partial charge on any atom is -0.369 e. The van der Waals surface area contributed by atoms with Gasteiger partial charge in [-0.1, -0.05) is 30.3 Å². The predicted octanol–water partition coefficient (Wildman–Crippen LogP) is 0.569. The van der Waals surface area contributed by atoms with Gasteiger partial charge in [0.2, 0.25) is 5.91 Å². The van der Waals surface area contributed by atoms with Gasteiger partial charge in [0, 0.05) is 44.0 Å². The predicted molar refractivity (Wildman–Crippen MR) is 128 cm³/mol. The SMILES string of the molecule is CN(C)CCN(C)C(=O)c1ccc(NC2NC(c3ccccc3)NC3CNNC(=O)C32)cc1. The van der Waals surface area contributed by atoms with Gasteiger partial charge >= 0.3 is 0 Å². The Morgan fingerprint density at radius 1 is 1.00 bits per heavy atom. The minimum absolute atomic E-state index is 0.00895. The first-order valence-electron chi connectivity index (χ1n) is 11.3. The minimum atomic E-state index is -0.301. The normalized spacial score (nSPS) is 24.7. The van der Waals surface area contributed by atoms with Crippen molar-refractivity contribution in [1.82, 2.24) is 31.3 Å². The summed E-state index contributed by atoms with van der Waals surface area (Å²) in [6.07, 6.45) is -0.378. The summed E-state index contributed by atoms with van der Waals surface area (Å²) in [5.74, 6) is -0.375. The summed E-state index contributed by atoms with van der Waals surface area (Å²) in [5, 5.41) is 10.6. The van der Waals surface area contributed by atoms with E-state index in [0.717, 1.165) is 17.8 Å². The third-order valence-electron chi connectivity index (χ3n) is 6.17. The molecule has 2 heterocycles. The quantitative estimate of drug-likeness (QED) is 0.420. The molecule has 4 unspecified atom stereocenters. The van der Waals surface area contributed by atoms with E-state index in [-0.39, 0.29) is 36.1 Å². The molecule has 0 aliphatic carbocycles. The third kappa shape index (κ3) is 5.51. The van der Waals surface area contributed by atoms with Crippen LogP contribution in [0.5, 0.6) is 0 Å². The van der Waals surface area contributed by atoms with Crippen LogP contribution < -0.4 is 26.8 Å². The Kier molecular flexibility index (Phi) is 7.24. The van der Waals surface area contributed by atoms with Crippen molar-refractivity contribution in [3.05, 3.63) is 65.7 Å². The number of benzene rings is 2. The van der Waals surface area contributed by atoms with E-state index in [1.54, 1.807) is 4.90 Å². The van der Waals surface area contributed by atoms with Crippen LogP contribution in [0.25, 0.3) is 0 Å². The summed E-state index contributed by atoms with van der Waals surface area (Å²) in [5.41, 5.74) is 8.31. The molecular formula is C24H33N7O2. The maximum Gasteiger partial charge on any atom is 0.253 e. The molecule has 33 heavy (non-hydrogen) atoms. The maximum absolute atomic E-state index is 12.7. The largest absolute Gasteiger partial charge is 0.369 e. The van der Waals surface area contributed by atoms with Gasteiger partial charge in [-0.3, -0.25) is 25.6 Å². The molecule has 9 nitrogen and oxygen atoms in total. The van der Waals surface area contributed by atoms with Crippen LogP contribution in [0.4, 0.5) is 5.69 Å².